The van der Waals surface area contributed by atoms with Crippen molar-refractivity contribution in [3.8, 4) is 0 Å². The van der Waals surface area contributed by atoms with Gasteiger partial charge >= 0.3 is 5.20 Å². The van der Waals surface area contributed by atoms with E-state index in [2.05, 4.69) is 121 Å². The third-order valence-corrected chi connectivity index (χ3v) is 5.21. The number of rotatable bonds is 2. The fourth-order valence-corrected chi connectivity index (χ4v) is 2.99. The second-order valence-corrected chi connectivity index (χ2v) is 16.1. The van der Waals surface area contributed by atoms with Crippen LogP contribution in [-0.2, 0) is 4.57 Å². The molecule has 2 rings (SSSR count). The van der Waals surface area contributed by atoms with Crippen molar-refractivity contribution in [2.24, 2.45) is 0 Å². The van der Waals surface area contributed by atoms with Gasteiger partial charge in [-0.15, -0.1) is 0 Å². The monoisotopic (exact) mass is 488 g/mol. The van der Waals surface area contributed by atoms with Gasteiger partial charge in [-0.3, -0.25) is 4.57 Å². The van der Waals surface area contributed by atoms with E-state index >= 15 is 0 Å². The van der Waals surface area contributed by atoms with Crippen molar-refractivity contribution in [3.63, 3.8) is 0 Å². The third-order valence-electron chi connectivity index (χ3n) is 2.55. The minimum absolute atomic E-state index is 0.104. The average molecular weight is 490 g/mol. The van der Waals surface area contributed by atoms with Crippen molar-refractivity contribution >= 4 is 65.4 Å². The van der Waals surface area contributed by atoms with Crippen molar-refractivity contribution in [1.82, 2.24) is 0 Å². The second-order valence-electron chi connectivity index (χ2n) is 4.86. The maximum Gasteiger partial charge on any atom is 0.339 e. The summed E-state index contributed by atoms with van der Waals surface area (Å²) in [4.78, 5) is 0. The smallest absolute Gasteiger partial charge is 0.271 e. The van der Waals surface area contributed by atoms with Gasteiger partial charge < -0.3 is 0 Å². The van der Waals surface area contributed by atoms with Crippen molar-refractivity contribution in [2.75, 3.05) is 26.7 Å². The van der Waals surface area contributed by atoms with Crippen molar-refractivity contribution < 1.29 is 4.57 Å². The molecule has 0 amide bonds. The van der Waals surface area contributed by atoms with E-state index in [4.69, 9.17) is 0 Å². The molecule has 2 aromatic rings. The summed E-state index contributed by atoms with van der Waals surface area (Å²) in [7, 11) is 0.209. The molecular formula is C20H34Cl3OP3. The molecule has 0 saturated heterocycles. The molecule has 0 aliphatic rings. The Kier molecular flexibility index (Phi) is 25.1. The predicted molar refractivity (Wildman–Crippen MR) is 138 cm³/mol. The van der Waals surface area contributed by atoms with Crippen LogP contribution in [0, 0.1) is 0 Å². The van der Waals surface area contributed by atoms with Gasteiger partial charge in [0, 0.05) is 0 Å². The fourth-order valence-electron chi connectivity index (χ4n) is 1.45. The zero-order valence-electron chi connectivity index (χ0n) is 17.7. The Morgan fingerprint density at radius 3 is 0.889 bits per heavy atom. The van der Waals surface area contributed by atoms with Crippen LogP contribution in [0.4, 0.5) is 0 Å². The Morgan fingerprint density at radius 2 is 0.778 bits per heavy atom. The topological polar surface area (TPSA) is 17.1 Å². The molecule has 27 heavy (non-hydrogen) atoms. The summed E-state index contributed by atoms with van der Waals surface area (Å²) >= 11 is 13.8. The van der Waals surface area contributed by atoms with E-state index in [1.54, 1.807) is 0 Å². The molecule has 0 unspecified atom stereocenters. The van der Waals surface area contributed by atoms with Crippen molar-refractivity contribution in [2.45, 2.75) is 27.7 Å². The normalized spacial score (nSPS) is 9.37. The molecule has 0 spiro atoms. The van der Waals surface area contributed by atoms with Gasteiger partial charge in [-0.25, -0.2) is 0 Å². The minimum Gasteiger partial charge on any atom is -0.271 e. The van der Waals surface area contributed by atoms with Crippen LogP contribution in [0.15, 0.2) is 60.7 Å². The van der Waals surface area contributed by atoms with E-state index in [1.807, 2.05) is 27.7 Å². The zero-order valence-corrected chi connectivity index (χ0v) is 22.6. The van der Waals surface area contributed by atoms with Gasteiger partial charge in [-0.2, -0.15) is 0 Å². The summed E-state index contributed by atoms with van der Waals surface area (Å²) in [6, 6.07) is 21.2. The summed E-state index contributed by atoms with van der Waals surface area (Å²) in [5, 5.41) is -0.264. The first-order valence-electron chi connectivity index (χ1n) is 8.75. The molecule has 0 saturated carbocycles. The summed E-state index contributed by atoms with van der Waals surface area (Å²) < 4.78 is 9.51. The highest BCUT2D eigenvalue weighted by Gasteiger charge is 2.03. The minimum atomic E-state index is -3.22. The van der Waals surface area contributed by atoms with Crippen LogP contribution in [-0.4, -0.2) is 26.7 Å². The first-order chi connectivity index (χ1) is 12.6. The molecule has 0 atom stereocenters. The van der Waals surface area contributed by atoms with E-state index in [9.17, 15) is 4.57 Å². The molecule has 0 N–H and O–H groups in total. The van der Waals surface area contributed by atoms with Crippen LogP contribution >= 0.6 is 54.8 Å². The fraction of sp³-hybridized carbons (Fsp3) is 0.400. The van der Waals surface area contributed by atoms with Gasteiger partial charge in [0.2, 0.25) is 0 Å². The van der Waals surface area contributed by atoms with Crippen LogP contribution in [0.2, 0.25) is 0 Å². The van der Waals surface area contributed by atoms with Crippen LogP contribution in [0.3, 0.4) is 0 Å². The quantitative estimate of drug-likeness (QED) is 0.385. The van der Waals surface area contributed by atoms with Crippen LogP contribution in [0.1, 0.15) is 27.7 Å². The molecule has 0 radical (unpaired) electrons. The SMILES string of the molecule is CC.CC.CP(C)c1ccccc1.CP(C)c1ccccc1.O=P(Cl)(Cl)Cl. The highest BCUT2D eigenvalue weighted by atomic mass is 36.0. The van der Waals surface area contributed by atoms with Gasteiger partial charge in [0.1, 0.15) is 0 Å². The van der Waals surface area contributed by atoms with E-state index < -0.39 is 5.20 Å². The summed E-state index contributed by atoms with van der Waals surface area (Å²) in [5.74, 6) is 0. The number of halogens is 3. The summed E-state index contributed by atoms with van der Waals surface area (Å²) in [6.07, 6.45) is 0. The largest absolute Gasteiger partial charge is 0.339 e. The highest BCUT2D eigenvalue weighted by Crippen LogP contribution is 2.61. The standard InChI is InChI=1S/2C8H11P.2C2H6.Cl3OP/c2*1-9(2)8-6-4-3-5-7-8;2*1-2;1-5(2,3)4/h2*3-7H,1-2H3;2*1-2H3;. The van der Waals surface area contributed by atoms with Gasteiger partial charge in [0.25, 0.3) is 0 Å². The maximum atomic E-state index is 9.51. The maximum absolute atomic E-state index is 9.51. The lowest BCUT2D eigenvalue weighted by atomic mass is 10.4. The van der Waals surface area contributed by atoms with E-state index in [0.29, 0.717) is 0 Å². The Balaban J connectivity index is -0.000000303. The average Bonchev–Trinajstić information content (AvgIpc) is 2.65. The van der Waals surface area contributed by atoms with E-state index in [0.717, 1.165) is 0 Å². The zero-order chi connectivity index (χ0) is 21.9. The van der Waals surface area contributed by atoms with Crippen molar-refractivity contribution in [3.05, 3.63) is 60.7 Å². The van der Waals surface area contributed by atoms with E-state index in [1.165, 1.54) is 10.6 Å². The number of benzene rings is 2. The van der Waals surface area contributed by atoms with Gasteiger partial charge in [-0.1, -0.05) is 104 Å². The lowest BCUT2D eigenvalue weighted by molar-refractivity contribution is 0.600. The summed E-state index contributed by atoms with van der Waals surface area (Å²) in [6.45, 7) is 17.1. The molecule has 156 valence electrons. The number of hydrogen-bond donors (Lipinski definition) is 0. The molecule has 0 aliphatic heterocycles. The van der Waals surface area contributed by atoms with Crippen molar-refractivity contribution in [1.29, 1.82) is 0 Å². The molecule has 1 nitrogen and oxygen atoms in total. The van der Waals surface area contributed by atoms with Gasteiger partial charge in [0.05, 0.1) is 0 Å². The molecule has 2 aromatic carbocycles. The lowest BCUT2D eigenvalue weighted by Crippen LogP contribution is -1.95. The first kappa shape index (κ1) is 32.1. The Bertz CT molecular complexity index is 522. The molecule has 0 aliphatic carbocycles. The second kappa shape index (κ2) is 21.1. The Labute approximate surface area is 184 Å². The molecule has 0 aromatic heterocycles. The molecule has 0 heterocycles. The molecule has 0 fully saturated rings. The van der Waals surface area contributed by atoms with E-state index in [-0.39, 0.29) is 15.8 Å². The molecule has 0 bridgehead atoms. The van der Waals surface area contributed by atoms with Gasteiger partial charge in [-0.05, 0) is 71.0 Å². The third kappa shape index (κ3) is 26.4. The first-order valence-corrected chi connectivity index (χ1v) is 17.6. The van der Waals surface area contributed by atoms with Crippen LogP contribution in [0.5, 0.6) is 0 Å². The predicted octanol–water partition coefficient (Wildman–Crippen LogP) is 8.97. The Morgan fingerprint density at radius 1 is 0.593 bits per heavy atom. The summed E-state index contributed by atoms with van der Waals surface area (Å²) in [5.41, 5.74) is 0. The highest BCUT2D eigenvalue weighted by molar-refractivity contribution is 8.24. The van der Waals surface area contributed by atoms with Crippen LogP contribution in [0.25, 0.3) is 0 Å². The number of hydrogen-bond acceptors (Lipinski definition) is 1. The molecule has 7 heteroatoms. The lowest BCUT2D eigenvalue weighted by Gasteiger charge is -2.02. The van der Waals surface area contributed by atoms with Crippen LogP contribution < -0.4 is 10.6 Å². The molecular weight excluding hydrogens is 456 g/mol. The van der Waals surface area contributed by atoms with Gasteiger partial charge in [0.15, 0.2) is 0 Å². The Hall–Kier alpha value is 0.400.